The maximum absolute atomic E-state index is 11.7. The van der Waals surface area contributed by atoms with E-state index in [0.717, 1.165) is 0 Å². The smallest absolute Gasteiger partial charge is 0.447 e. The molecule has 1 aromatic carbocycles. The molecule has 1 aliphatic rings. The highest BCUT2D eigenvalue weighted by Crippen LogP contribution is 2.28. The Bertz CT molecular complexity index is 426. The average molecular weight is 222 g/mol. The van der Waals surface area contributed by atoms with Crippen molar-refractivity contribution in [3.8, 4) is 5.75 Å². The zero-order valence-electron chi connectivity index (χ0n) is 8.64. The first kappa shape index (κ1) is 10.5. The minimum absolute atomic E-state index is 0.187. The lowest BCUT2D eigenvalue weighted by atomic mass is 10.1. The Balaban J connectivity index is 2.07. The second-order valence-electron chi connectivity index (χ2n) is 3.11. The highest BCUT2D eigenvalue weighted by Gasteiger charge is 2.35. The van der Waals surface area contributed by atoms with Crippen LogP contribution in [0.3, 0.4) is 0 Å². The molecule has 0 aromatic heterocycles. The van der Waals surface area contributed by atoms with Crippen LogP contribution in [0.5, 0.6) is 5.75 Å². The number of benzene rings is 1. The summed E-state index contributed by atoms with van der Waals surface area (Å²) >= 11 is 0. The monoisotopic (exact) mass is 222 g/mol. The number of carbonyl (C=O) groups is 2. The van der Waals surface area contributed by atoms with Gasteiger partial charge in [-0.05, 0) is 19.1 Å². The number of Topliss-reactive ketones (excluding diaryl/α,β-unsaturated/α-hetero) is 1. The summed E-state index contributed by atoms with van der Waals surface area (Å²) in [6.45, 7) is 1.83. The molecule has 1 aromatic rings. The van der Waals surface area contributed by atoms with Crippen LogP contribution in [0.1, 0.15) is 17.3 Å². The van der Waals surface area contributed by atoms with Gasteiger partial charge in [0.05, 0.1) is 12.2 Å². The van der Waals surface area contributed by atoms with E-state index in [1.54, 1.807) is 31.2 Å². The molecule has 0 bridgehead atoms. The Morgan fingerprint density at radius 3 is 2.88 bits per heavy atom. The summed E-state index contributed by atoms with van der Waals surface area (Å²) in [5.74, 6) is 0.0467. The maximum Gasteiger partial charge on any atom is 0.511 e. The van der Waals surface area contributed by atoms with Crippen LogP contribution < -0.4 is 4.74 Å². The molecule has 0 saturated carbocycles. The third-order valence-electron chi connectivity index (χ3n) is 2.07. The van der Waals surface area contributed by atoms with E-state index in [1.165, 1.54) is 0 Å². The van der Waals surface area contributed by atoms with E-state index >= 15 is 0 Å². The van der Waals surface area contributed by atoms with Gasteiger partial charge in [-0.3, -0.25) is 4.79 Å². The maximum atomic E-state index is 11.7. The number of carbonyl (C=O) groups excluding carboxylic acids is 2. The second-order valence-corrected chi connectivity index (χ2v) is 3.11. The fourth-order valence-corrected chi connectivity index (χ4v) is 1.39. The molecule has 84 valence electrons. The molecule has 0 radical (unpaired) electrons. The molecule has 1 unspecified atom stereocenters. The summed E-state index contributed by atoms with van der Waals surface area (Å²) in [6.07, 6.45) is -2.13. The lowest BCUT2D eigenvalue weighted by molar-refractivity contribution is -0.0378. The number of rotatable bonds is 2. The van der Waals surface area contributed by atoms with Crippen molar-refractivity contribution in [3.63, 3.8) is 0 Å². The number of fused-ring (bicyclic) bond motifs is 1. The van der Waals surface area contributed by atoms with Crippen molar-refractivity contribution in [2.45, 2.75) is 13.2 Å². The molecule has 16 heavy (non-hydrogen) atoms. The SMILES string of the molecule is CCOC(=O)OC1Oc2ccccc2C1=O. The molecule has 5 nitrogen and oxygen atoms in total. The lowest BCUT2D eigenvalue weighted by Gasteiger charge is -2.09. The van der Waals surface area contributed by atoms with Crippen LogP contribution in [0.2, 0.25) is 0 Å². The van der Waals surface area contributed by atoms with Crippen molar-refractivity contribution < 1.29 is 23.8 Å². The fraction of sp³-hybridized carbons (Fsp3) is 0.273. The molecule has 0 N–H and O–H groups in total. The average Bonchev–Trinajstić information content (AvgIpc) is 2.57. The van der Waals surface area contributed by atoms with Gasteiger partial charge >= 0.3 is 12.4 Å². The summed E-state index contributed by atoms with van der Waals surface area (Å²) in [5, 5.41) is 0. The van der Waals surface area contributed by atoms with Gasteiger partial charge in [-0.25, -0.2) is 4.79 Å². The van der Waals surface area contributed by atoms with Crippen molar-refractivity contribution >= 4 is 11.9 Å². The zero-order chi connectivity index (χ0) is 11.5. The number of hydrogen-bond donors (Lipinski definition) is 0. The summed E-state index contributed by atoms with van der Waals surface area (Å²) in [4.78, 5) is 22.7. The molecule has 5 heteroatoms. The van der Waals surface area contributed by atoms with E-state index < -0.39 is 12.4 Å². The number of para-hydroxylation sites is 1. The molecule has 0 spiro atoms. The Labute approximate surface area is 91.9 Å². The first-order valence-electron chi connectivity index (χ1n) is 4.85. The molecule has 0 amide bonds. The van der Waals surface area contributed by atoms with Gasteiger partial charge in [-0.2, -0.15) is 0 Å². The normalized spacial score (nSPS) is 17.6. The topological polar surface area (TPSA) is 61.8 Å². The predicted molar refractivity (Wildman–Crippen MR) is 53.3 cm³/mol. The second kappa shape index (κ2) is 4.22. The van der Waals surface area contributed by atoms with Gasteiger partial charge in [0.25, 0.3) is 0 Å². The van der Waals surface area contributed by atoms with Crippen molar-refractivity contribution in [2.24, 2.45) is 0 Å². The van der Waals surface area contributed by atoms with Gasteiger partial charge in [0, 0.05) is 0 Å². The number of ketones is 1. The molecule has 2 rings (SSSR count). The molecule has 1 aliphatic heterocycles. The Morgan fingerprint density at radius 2 is 2.19 bits per heavy atom. The summed E-state index contributed by atoms with van der Waals surface area (Å²) in [6, 6.07) is 6.71. The minimum Gasteiger partial charge on any atom is -0.447 e. The zero-order valence-corrected chi connectivity index (χ0v) is 8.64. The third-order valence-corrected chi connectivity index (χ3v) is 2.07. The first-order valence-corrected chi connectivity index (χ1v) is 4.85. The van der Waals surface area contributed by atoms with Crippen LogP contribution >= 0.6 is 0 Å². The van der Waals surface area contributed by atoms with Crippen molar-refractivity contribution in [1.82, 2.24) is 0 Å². The Kier molecular flexibility index (Phi) is 2.76. The van der Waals surface area contributed by atoms with Crippen LogP contribution in [-0.4, -0.2) is 24.8 Å². The molecule has 0 aliphatic carbocycles. The summed E-state index contributed by atoms with van der Waals surface area (Å²) in [5.41, 5.74) is 0.414. The number of ether oxygens (including phenoxy) is 3. The van der Waals surface area contributed by atoms with Crippen LogP contribution in [0.4, 0.5) is 4.79 Å². The summed E-state index contributed by atoms with van der Waals surface area (Å²) in [7, 11) is 0. The minimum atomic E-state index is -1.23. The van der Waals surface area contributed by atoms with Crippen molar-refractivity contribution in [2.75, 3.05) is 6.61 Å². The van der Waals surface area contributed by atoms with Crippen LogP contribution in [0, 0.1) is 0 Å². The molecule has 0 saturated heterocycles. The largest absolute Gasteiger partial charge is 0.511 e. The predicted octanol–water partition coefficient (Wildman–Crippen LogP) is 1.76. The van der Waals surface area contributed by atoms with Crippen LogP contribution in [-0.2, 0) is 9.47 Å². The lowest BCUT2D eigenvalue weighted by Crippen LogP contribution is -2.27. The van der Waals surface area contributed by atoms with E-state index in [-0.39, 0.29) is 12.4 Å². The van der Waals surface area contributed by atoms with Gasteiger partial charge in [0.2, 0.25) is 5.78 Å². The van der Waals surface area contributed by atoms with E-state index in [0.29, 0.717) is 11.3 Å². The molecule has 1 heterocycles. The van der Waals surface area contributed by atoms with Gasteiger partial charge < -0.3 is 14.2 Å². The van der Waals surface area contributed by atoms with Crippen LogP contribution in [0.15, 0.2) is 24.3 Å². The van der Waals surface area contributed by atoms with E-state index in [4.69, 9.17) is 9.47 Å². The first-order chi connectivity index (χ1) is 7.72. The molecule has 1 atom stereocenters. The van der Waals surface area contributed by atoms with Gasteiger partial charge in [0.15, 0.2) is 0 Å². The van der Waals surface area contributed by atoms with Crippen molar-refractivity contribution in [1.29, 1.82) is 0 Å². The van der Waals surface area contributed by atoms with Gasteiger partial charge in [-0.15, -0.1) is 0 Å². The van der Waals surface area contributed by atoms with E-state index in [2.05, 4.69) is 4.74 Å². The number of hydrogen-bond acceptors (Lipinski definition) is 5. The summed E-state index contributed by atoms with van der Waals surface area (Å²) < 4.78 is 14.4. The fourth-order valence-electron chi connectivity index (χ4n) is 1.39. The highest BCUT2D eigenvalue weighted by atomic mass is 16.8. The third kappa shape index (κ3) is 1.84. The standard InChI is InChI=1S/C11H10O5/c1-2-14-11(13)16-10-9(12)7-5-3-4-6-8(7)15-10/h3-6,10H,2H2,1H3. The highest BCUT2D eigenvalue weighted by molar-refractivity contribution is 6.04. The van der Waals surface area contributed by atoms with Crippen molar-refractivity contribution in [3.05, 3.63) is 29.8 Å². The van der Waals surface area contributed by atoms with Gasteiger partial charge in [0.1, 0.15) is 5.75 Å². The molecular weight excluding hydrogens is 212 g/mol. The van der Waals surface area contributed by atoms with E-state index in [9.17, 15) is 9.59 Å². The Morgan fingerprint density at radius 1 is 1.44 bits per heavy atom. The quantitative estimate of drug-likeness (QED) is 0.713. The molecular formula is C11H10O5. The van der Waals surface area contributed by atoms with Gasteiger partial charge in [-0.1, -0.05) is 12.1 Å². The van der Waals surface area contributed by atoms with Crippen LogP contribution in [0.25, 0.3) is 0 Å². The molecule has 0 fully saturated rings. The van der Waals surface area contributed by atoms with E-state index in [1.807, 2.05) is 0 Å². The Hall–Kier alpha value is -2.04.